The molecule has 0 fully saturated rings. The van der Waals surface area contributed by atoms with Crippen molar-refractivity contribution < 1.29 is 10.0 Å². The number of nitrogens with zero attached hydrogens (tertiary/aromatic N) is 1. The van der Waals surface area contributed by atoms with Gasteiger partial charge in [0.25, 0.3) is 5.91 Å². The van der Waals surface area contributed by atoms with Crippen molar-refractivity contribution in [2.24, 2.45) is 0 Å². The first-order valence-electron chi connectivity index (χ1n) is 6.85. The summed E-state index contributed by atoms with van der Waals surface area (Å²) < 4.78 is 1.00. The van der Waals surface area contributed by atoms with Gasteiger partial charge in [-0.15, -0.1) is 11.3 Å². The van der Waals surface area contributed by atoms with E-state index in [1.54, 1.807) is 11.5 Å². The number of rotatable bonds is 3. The van der Waals surface area contributed by atoms with Crippen LogP contribution in [0.2, 0.25) is 4.34 Å². The standard InChI is InChI=1S/C16H15ClN2O2S/c1-10(14-9-12(15(17)22-14)16(20)18-21)19(2)8-7-11-5-3-4-6-13(11)19/h3-10H,1-2H3,(H-,18,20,21)/p+1/t10-,19?/m0/s1. The lowest BCUT2D eigenvalue weighted by Gasteiger charge is -2.33. The minimum Gasteiger partial charge on any atom is -0.288 e. The van der Waals surface area contributed by atoms with Crippen molar-refractivity contribution in [3.8, 4) is 0 Å². The highest BCUT2D eigenvalue weighted by Crippen LogP contribution is 2.44. The zero-order valence-corrected chi connectivity index (χ0v) is 13.8. The number of hydrogen-bond acceptors (Lipinski definition) is 3. The van der Waals surface area contributed by atoms with Crippen molar-refractivity contribution in [3.05, 3.63) is 56.9 Å². The van der Waals surface area contributed by atoms with Gasteiger partial charge < -0.3 is 0 Å². The quantitative estimate of drug-likeness (QED) is 0.501. The van der Waals surface area contributed by atoms with Crippen molar-refractivity contribution in [1.29, 1.82) is 0 Å². The number of amides is 1. The van der Waals surface area contributed by atoms with Crippen LogP contribution in [0, 0.1) is 0 Å². The van der Waals surface area contributed by atoms with Crippen LogP contribution in [0.4, 0.5) is 5.69 Å². The first-order chi connectivity index (χ1) is 10.5. The molecule has 0 aliphatic carbocycles. The molecule has 1 amide bonds. The van der Waals surface area contributed by atoms with E-state index < -0.39 is 5.91 Å². The Morgan fingerprint density at radius 2 is 2.14 bits per heavy atom. The van der Waals surface area contributed by atoms with E-state index in [2.05, 4.69) is 38.4 Å². The van der Waals surface area contributed by atoms with Crippen molar-refractivity contribution in [2.75, 3.05) is 7.05 Å². The third-order valence-corrected chi connectivity index (χ3v) is 5.82. The maximum absolute atomic E-state index is 11.6. The number of quaternary nitrogens is 1. The predicted molar refractivity (Wildman–Crippen MR) is 90.2 cm³/mol. The maximum Gasteiger partial charge on any atom is 0.277 e. The topological polar surface area (TPSA) is 49.3 Å². The molecule has 2 atom stereocenters. The van der Waals surface area contributed by atoms with Gasteiger partial charge in [0, 0.05) is 17.7 Å². The molecule has 2 heterocycles. The summed E-state index contributed by atoms with van der Waals surface area (Å²) in [6.45, 7) is 2.11. The van der Waals surface area contributed by atoms with Crippen LogP contribution in [0.15, 0.2) is 36.5 Å². The molecule has 6 heteroatoms. The highest BCUT2D eigenvalue weighted by Gasteiger charge is 2.37. The molecule has 1 aliphatic heterocycles. The number of thiophene rings is 1. The normalized spacial score (nSPS) is 20.7. The van der Waals surface area contributed by atoms with E-state index in [4.69, 9.17) is 16.8 Å². The first kappa shape index (κ1) is 15.2. The summed E-state index contributed by atoms with van der Waals surface area (Å²) >= 11 is 7.51. The minimum absolute atomic E-state index is 0.0997. The molecule has 114 valence electrons. The van der Waals surface area contributed by atoms with Crippen LogP contribution in [-0.2, 0) is 0 Å². The third kappa shape index (κ3) is 2.27. The molecule has 0 saturated carbocycles. The molecule has 2 N–H and O–H groups in total. The van der Waals surface area contributed by atoms with Crippen molar-refractivity contribution in [2.45, 2.75) is 13.0 Å². The number of carbonyl (C=O) groups excluding carboxylic acids is 1. The van der Waals surface area contributed by atoms with E-state index >= 15 is 0 Å². The van der Waals surface area contributed by atoms with Gasteiger partial charge in [-0.25, -0.2) is 5.48 Å². The van der Waals surface area contributed by atoms with Gasteiger partial charge in [-0.1, -0.05) is 23.7 Å². The second-order valence-corrected chi connectivity index (χ2v) is 7.16. The summed E-state index contributed by atoms with van der Waals surface area (Å²) in [6, 6.07) is 10.1. The fourth-order valence-electron chi connectivity index (χ4n) is 2.79. The number of hydrogen-bond donors (Lipinski definition) is 2. The first-order valence-corrected chi connectivity index (χ1v) is 8.05. The predicted octanol–water partition coefficient (Wildman–Crippen LogP) is 4.20. The van der Waals surface area contributed by atoms with Gasteiger partial charge in [-0.2, -0.15) is 0 Å². The molecule has 0 saturated heterocycles. The van der Waals surface area contributed by atoms with E-state index in [9.17, 15) is 4.79 Å². The lowest BCUT2D eigenvalue weighted by Crippen LogP contribution is -2.39. The number of carbonyl (C=O) groups is 1. The van der Waals surface area contributed by atoms with Crippen LogP contribution in [0.3, 0.4) is 0 Å². The number of halogens is 1. The molecule has 4 nitrogen and oxygen atoms in total. The van der Waals surface area contributed by atoms with Gasteiger partial charge >= 0.3 is 0 Å². The lowest BCUT2D eigenvalue weighted by atomic mass is 10.1. The molecular formula is C16H16ClN2O2S+. The third-order valence-electron chi connectivity index (χ3n) is 4.29. The monoisotopic (exact) mass is 335 g/mol. The largest absolute Gasteiger partial charge is 0.288 e. The van der Waals surface area contributed by atoms with Gasteiger partial charge in [0.15, 0.2) is 0 Å². The van der Waals surface area contributed by atoms with Gasteiger partial charge in [0.2, 0.25) is 0 Å². The summed E-state index contributed by atoms with van der Waals surface area (Å²) in [6.07, 6.45) is 4.26. The fraction of sp³-hybridized carbons (Fsp3) is 0.188. The molecule has 1 aromatic carbocycles. The van der Waals surface area contributed by atoms with Crippen LogP contribution < -0.4 is 9.96 Å². The smallest absolute Gasteiger partial charge is 0.277 e. The Hall–Kier alpha value is -1.66. The van der Waals surface area contributed by atoms with E-state index in [-0.39, 0.29) is 6.04 Å². The average molecular weight is 336 g/mol. The Labute approximate surface area is 137 Å². The van der Waals surface area contributed by atoms with E-state index in [1.165, 1.54) is 22.6 Å². The zero-order valence-electron chi connectivity index (χ0n) is 12.2. The molecular weight excluding hydrogens is 320 g/mol. The Bertz CT molecular complexity index is 771. The molecule has 0 spiro atoms. The molecule has 1 aromatic heterocycles. The van der Waals surface area contributed by atoms with E-state index in [0.29, 0.717) is 14.4 Å². The summed E-state index contributed by atoms with van der Waals surface area (Å²) in [5.41, 5.74) is 4.36. The molecule has 0 radical (unpaired) electrons. The van der Waals surface area contributed by atoms with Gasteiger partial charge in [0.1, 0.15) is 22.3 Å². The van der Waals surface area contributed by atoms with Crippen molar-refractivity contribution >= 4 is 40.6 Å². The maximum atomic E-state index is 11.6. The molecule has 1 aliphatic rings. The van der Waals surface area contributed by atoms with E-state index in [0.717, 1.165) is 4.88 Å². The number of fused-ring (bicyclic) bond motifs is 1. The number of benzene rings is 1. The van der Waals surface area contributed by atoms with Crippen LogP contribution >= 0.6 is 22.9 Å². The average Bonchev–Trinajstić information content (AvgIpc) is 3.08. The summed E-state index contributed by atoms with van der Waals surface area (Å²) in [5, 5.41) is 8.78. The molecule has 1 unspecified atom stereocenters. The Balaban J connectivity index is 2.00. The molecule has 3 rings (SSSR count). The summed E-state index contributed by atoms with van der Waals surface area (Å²) in [5.74, 6) is -0.584. The van der Waals surface area contributed by atoms with Crippen molar-refractivity contribution in [1.82, 2.24) is 9.96 Å². The summed E-state index contributed by atoms with van der Waals surface area (Å²) in [4.78, 5) is 12.6. The highest BCUT2D eigenvalue weighted by atomic mass is 35.5. The van der Waals surface area contributed by atoms with Gasteiger partial charge in [-0.3, -0.25) is 14.5 Å². The van der Waals surface area contributed by atoms with Crippen LogP contribution in [0.25, 0.3) is 6.08 Å². The number of para-hydroxylation sites is 1. The Morgan fingerprint density at radius 1 is 1.41 bits per heavy atom. The van der Waals surface area contributed by atoms with Gasteiger partial charge in [-0.05, 0) is 19.1 Å². The molecule has 0 bridgehead atoms. The molecule has 22 heavy (non-hydrogen) atoms. The zero-order chi connectivity index (χ0) is 15.9. The lowest BCUT2D eigenvalue weighted by molar-refractivity contribution is 0.0707. The highest BCUT2D eigenvalue weighted by molar-refractivity contribution is 7.16. The van der Waals surface area contributed by atoms with Crippen LogP contribution in [0.1, 0.15) is 33.8 Å². The second-order valence-electron chi connectivity index (χ2n) is 5.47. The van der Waals surface area contributed by atoms with Crippen LogP contribution in [-0.4, -0.2) is 18.2 Å². The molecule has 2 aromatic rings. The fourth-order valence-corrected chi connectivity index (χ4v) is 4.24. The van der Waals surface area contributed by atoms with Gasteiger partial charge in [0.05, 0.1) is 17.5 Å². The Morgan fingerprint density at radius 3 is 2.86 bits per heavy atom. The SMILES string of the molecule is C[C@@H](c1cc(C(=O)NO)c(Cl)s1)[N+]1(C)C=Cc2ccccc21. The minimum atomic E-state index is -0.584. The Kier molecular flexibility index (Phi) is 3.82. The van der Waals surface area contributed by atoms with Crippen LogP contribution in [0.5, 0.6) is 0 Å². The van der Waals surface area contributed by atoms with Crippen molar-refractivity contribution in [3.63, 3.8) is 0 Å². The summed E-state index contributed by atoms with van der Waals surface area (Å²) in [7, 11) is 2.13. The van der Waals surface area contributed by atoms with E-state index in [1.807, 2.05) is 12.1 Å². The number of hydroxylamine groups is 1. The number of nitrogens with one attached hydrogen (secondary N) is 1. The second kappa shape index (κ2) is 5.52.